The van der Waals surface area contributed by atoms with Gasteiger partial charge >= 0.3 is 12.3 Å². The van der Waals surface area contributed by atoms with Crippen LogP contribution in [0.25, 0.3) is 0 Å². The molecule has 0 aromatic heterocycles. The number of hydrogen-bond donors (Lipinski definition) is 3. The standard InChI is InChI=1S/C28H31F3NO6P/c29-28(30,31)24-13-7-12-21(18-24)16-17-39(35,36)25(32-27(34)38-20-23-10-5-2-6-11-23)14-15-26(33)37-19-22-8-3-1-4-9-22/h1-13,18,25-26,33H,14-17,19-20H2,(H,32,34)(H,35,36). The fraction of sp³-hybridized carbons (Fsp3) is 0.321. The highest BCUT2D eigenvalue weighted by atomic mass is 31.2. The molecule has 3 atom stereocenters. The molecule has 0 radical (unpaired) electrons. The number of benzene rings is 3. The summed E-state index contributed by atoms with van der Waals surface area (Å²) in [6.07, 6.45) is -7.48. The molecule has 0 fully saturated rings. The summed E-state index contributed by atoms with van der Waals surface area (Å²) in [6, 6.07) is 22.5. The van der Waals surface area contributed by atoms with Crippen LogP contribution in [0.4, 0.5) is 18.0 Å². The molecular weight excluding hydrogens is 534 g/mol. The predicted molar refractivity (Wildman–Crippen MR) is 140 cm³/mol. The monoisotopic (exact) mass is 565 g/mol. The van der Waals surface area contributed by atoms with E-state index in [1.54, 1.807) is 30.3 Å². The van der Waals surface area contributed by atoms with E-state index in [0.29, 0.717) is 5.56 Å². The number of aryl methyl sites for hydroxylation is 1. The maximum Gasteiger partial charge on any atom is 0.416 e. The van der Waals surface area contributed by atoms with Crippen LogP contribution in [0.1, 0.15) is 35.1 Å². The molecule has 39 heavy (non-hydrogen) atoms. The molecule has 7 nitrogen and oxygen atoms in total. The first kappa shape index (κ1) is 30.4. The molecule has 0 saturated carbocycles. The summed E-state index contributed by atoms with van der Waals surface area (Å²) in [6.45, 7) is 0.0493. The van der Waals surface area contributed by atoms with Crippen LogP contribution in [0, 0.1) is 0 Å². The minimum Gasteiger partial charge on any atom is -0.445 e. The van der Waals surface area contributed by atoms with Gasteiger partial charge in [-0.05, 0) is 35.6 Å². The average molecular weight is 566 g/mol. The van der Waals surface area contributed by atoms with E-state index in [0.717, 1.165) is 17.7 Å². The Labute approximate surface area is 225 Å². The van der Waals surface area contributed by atoms with Crippen molar-refractivity contribution in [1.29, 1.82) is 0 Å². The minimum atomic E-state index is -4.54. The lowest BCUT2D eigenvalue weighted by atomic mass is 10.1. The molecule has 0 bridgehead atoms. The van der Waals surface area contributed by atoms with E-state index in [2.05, 4.69) is 5.32 Å². The van der Waals surface area contributed by atoms with E-state index in [9.17, 15) is 32.5 Å². The Balaban J connectivity index is 1.63. The van der Waals surface area contributed by atoms with Crippen molar-refractivity contribution in [3.8, 4) is 0 Å². The molecular formula is C28H31F3NO6P. The van der Waals surface area contributed by atoms with Crippen molar-refractivity contribution >= 4 is 13.5 Å². The number of carbonyl (C=O) groups is 1. The summed E-state index contributed by atoms with van der Waals surface area (Å²) >= 11 is 0. The number of rotatable bonds is 13. The summed E-state index contributed by atoms with van der Waals surface area (Å²) in [5, 5.41) is 12.7. The predicted octanol–water partition coefficient (Wildman–Crippen LogP) is 6.09. The van der Waals surface area contributed by atoms with Crippen LogP contribution < -0.4 is 5.32 Å². The highest BCUT2D eigenvalue weighted by Gasteiger charge is 2.34. The number of hydrogen-bond acceptors (Lipinski definition) is 5. The number of alkyl halides is 3. The normalized spacial score (nSPS) is 14.7. The number of alkyl carbamates (subject to hydrolysis) is 1. The highest BCUT2D eigenvalue weighted by Crippen LogP contribution is 2.47. The van der Waals surface area contributed by atoms with Crippen molar-refractivity contribution in [2.75, 3.05) is 6.16 Å². The Morgan fingerprint density at radius 1 is 0.872 bits per heavy atom. The summed E-state index contributed by atoms with van der Waals surface area (Å²) in [7, 11) is -4.17. The summed E-state index contributed by atoms with van der Waals surface area (Å²) < 4.78 is 63.1. The zero-order valence-corrected chi connectivity index (χ0v) is 22.0. The molecule has 0 saturated heterocycles. The largest absolute Gasteiger partial charge is 0.445 e. The third kappa shape index (κ3) is 10.5. The molecule has 0 aliphatic heterocycles. The maximum atomic E-state index is 13.3. The molecule has 0 aliphatic carbocycles. The zero-order chi connectivity index (χ0) is 28.3. The minimum absolute atomic E-state index is 0.0673. The third-order valence-corrected chi connectivity index (χ3v) is 8.16. The van der Waals surface area contributed by atoms with Gasteiger partial charge in [0.2, 0.25) is 7.37 Å². The molecule has 0 heterocycles. The Morgan fingerprint density at radius 3 is 2.08 bits per heavy atom. The van der Waals surface area contributed by atoms with Crippen LogP contribution in [-0.4, -0.2) is 34.3 Å². The number of aliphatic hydroxyl groups excluding tert-OH is 1. The van der Waals surface area contributed by atoms with Crippen molar-refractivity contribution in [2.24, 2.45) is 0 Å². The highest BCUT2D eigenvalue weighted by molar-refractivity contribution is 7.58. The van der Waals surface area contributed by atoms with Gasteiger partial charge in [-0.25, -0.2) is 4.79 Å². The van der Waals surface area contributed by atoms with Crippen LogP contribution in [0.2, 0.25) is 0 Å². The van der Waals surface area contributed by atoms with Crippen LogP contribution in [0.3, 0.4) is 0 Å². The molecule has 3 aromatic carbocycles. The van der Waals surface area contributed by atoms with Crippen LogP contribution in [0.15, 0.2) is 84.9 Å². The molecule has 210 valence electrons. The van der Waals surface area contributed by atoms with Gasteiger partial charge in [0.25, 0.3) is 0 Å². The third-order valence-electron chi connectivity index (χ3n) is 5.93. The number of amides is 1. The van der Waals surface area contributed by atoms with Crippen molar-refractivity contribution < 1.29 is 42.0 Å². The van der Waals surface area contributed by atoms with E-state index in [4.69, 9.17) is 9.47 Å². The number of carbonyl (C=O) groups excluding carboxylic acids is 1. The summed E-state index contributed by atoms with van der Waals surface area (Å²) in [5.74, 6) is -1.32. The van der Waals surface area contributed by atoms with E-state index in [1.807, 2.05) is 30.3 Å². The molecule has 3 N–H and O–H groups in total. The molecule has 11 heteroatoms. The topological polar surface area (TPSA) is 105 Å². The fourth-order valence-electron chi connectivity index (χ4n) is 3.77. The Hall–Kier alpha value is -3.17. The number of ether oxygens (including phenoxy) is 2. The van der Waals surface area contributed by atoms with Gasteiger partial charge < -0.3 is 24.8 Å². The Morgan fingerprint density at radius 2 is 1.46 bits per heavy atom. The average Bonchev–Trinajstić information content (AvgIpc) is 2.92. The van der Waals surface area contributed by atoms with Gasteiger partial charge in [-0.1, -0.05) is 78.9 Å². The zero-order valence-electron chi connectivity index (χ0n) is 21.1. The summed E-state index contributed by atoms with van der Waals surface area (Å²) in [5.41, 5.74) is 0.914. The fourth-order valence-corrected chi connectivity index (χ4v) is 5.52. The second-order valence-corrected chi connectivity index (χ2v) is 11.6. The van der Waals surface area contributed by atoms with E-state index < -0.39 is 37.3 Å². The first-order valence-corrected chi connectivity index (χ1v) is 14.2. The van der Waals surface area contributed by atoms with E-state index in [1.165, 1.54) is 12.1 Å². The second kappa shape index (κ2) is 14.3. The number of halogens is 3. The van der Waals surface area contributed by atoms with Crippen LogP contribution in [-0.2, 0) is 39.8 Å². The lowest BCUT2D eigenvalue weighted by molar-refractivity contribution is -0.137. The molecule has 1 amide bonds. The second-order valence-electron chi connectivity index (χ2n) is 8.98. The molecule has 0 spiro atoms. The van der Waals surface area contributed by atoms with Crippen molar-refractivity contribution in [3.05, 3.63) is 107 Å². The lowest BCUT2D eigenvalue weighted by Crippen LogP contribution is -2.36. The van der Waals surface area contributed by atoms with Gasteiger partial charge in [-0.15, -0.1) is 0 Å². The van der Waals surface area contributed by atoms with Crippen molar-refractivity contribution in [3.63, 3.8) is 0 Å². The Kier molecular flexibility index (Phi) is 11.1. The lowest BCUT2D eigenvalue weighted by Gasteiger charge is -2.25. The van der Waals surface area contributed by atoms with Gasteiger partial charge in [0.05, 0.1) is 12.2 Å². The van der Waals surface area contributed by atoms with E-state index in [-0.39, 0.29) is 44.2 Å². The molecule has 3 aromatic rings. The van der Waals surface area contributed by atoms with Gasteiger partial charge in [-0.2, -0.15) is 13.2 Å². The SMILES string of the molecule is O=C(NC(CCC(O)OCc1ccccc1)P(=O)(O)CCc1cccc(C(F)(F)F)c1)OCc1ccccc1. The Bertz CT molecular complexity index is 1230. The van der Waals surface area contributed by atoms with Crippen LogP contribution >= 0.6 is 7.37 Å². The van der Waals surface area contributed by atoms with Gasteiger partial charge in [0.15, 0.2) is 6.29 Å². The quantitative estimate of drug-likeness (QED) is 0.171. The first-order chi connectivity index (χ1) is 18.5. The molecule has 3 rings (SSSR count). The first-order valence-electron chi connectivity index (χ1n) is 12.3. The van der Waals surface area contributed by atoms with Crippen molar-refractivity contribution in [2.45, 2.75) is 50.7 Å². The molecule has 0 aliphatic rings. The number of aliphatic hydroxyl groups is 1. The summed E-state index contributed by atoms with van der Waals surface area (Å²) in [4.78, 5) is 23.3. The van der Waals surface area contributed by atoms with Gasteiger partial charge in [0.1, 0.15) is 12.4 Å². The van der Waals surface area contributed by atoms with Gasteiger partial charge in [0, 0.05) is 12.6 Å². The van der Waals surface area contributed by atoms with Gasteiger partial charge in [-0.3, -0.25) is 4.57 Å². The molecule has 3 unspecified atom stereocenters. The van der Waals surface area contributed by atoms with E-state index >= 15 is 0 Å². The smallest absolute Gasteiger partial charge is 0.416 e. The number of nitrogens with one attached hydrogen (secondary N) is 1. The maximum absolute atomic E-state index is 13.3. The van der Waals surface area contributed by atoms with Crippen LogP contribution in [0.5, 0.6) is 0 Å². The van der Waals surface area contributed by atoms with Crippen molar-refractivity contribution in [1.82, 2.24) is 5.32 Å².